The van der Waals surface area contributed by atoms with Gasteiger partial charge in [-0.25, -0.2) is 4.79 Å². The lowest BCUT2D eigenvalue weighted by atomic mass is 10.1. The Bertz CT molecular complexity index is 644. The van der Waals surface area contributed by atoms with Crippen molar-refractivity contribution in [2.24, 2.45) is 0 Å². The molecule has 27 heavy (non-hydrogen) atoms. The maximum Gasteiger partial charge on any atom is 0.315 e. The summed E-state index contributed by atoms with van der Waals surface area (Å²) in [5.41, 5.74) is 0.837. The minimum Gasteiger partial charge on any atom is -0.483 e. The van der Waals surface area contributed by atoms with Crippen molar-refractivity contribution in [3.8, 4) is 5.75 Å². The van der Waals surface area contributed by atoms with Crippen LogP contribution in [0.1, 0.15) is 18.5 Å². The molecule has 3 saturated heterocycles. The van der Waals surface area contributed by atoms with Crippen LogP contribution < -0.4 is 20.7 Å². The molecule has 150 valence electrons. The topological polar surface area (TPSA) is 93.7 Å². The van der Waals surface area contributed by atoms with Crippen LogP contribution in [0.3, 0.4) is 0 Å². The van der Waals surface area contributed by atoms with Gasteiger partial charge in [-0.1, -0.05) is 0 Å². The van der Waals surface area contributed by atoms with Crippen LogP contribution in [0.25, 0.3) is 0 Å². The van der Waals surface area contributed by atoms with E-state index in [0.29, 0.717) is 13.2 Å². The highest BCUT2D eigenvalue weighted by atomic mass is 35.5. The molecule has 1 aromatic heterocycles. The van der Waals surface area contributed by atoms with E-state index in [2.05, 4.69) is 20.9 Å². The number of halogens is 1. The quantitative estimate of drug-likeness (QED) is 0.694. The smallest absolute Gasteiger partial charge is 0.315 e. The number of ether oxygens (including phenoxy) is 3. The third kappa shape index (κ3) is 4.63. The Morgan fingerprint density at radius 2 is 2.15 bits per heavy atom. The summed E-state index contributed by atoms with van der Waals surface area (Å²) in [6.45, 7) is 4.61. The third-order valence-electron chi connectivity index (χ3n) is 5.19. The largest absolute Gasteiger partial charge is 0.483 e. The summed E-state index contributed by atoms with van der Waals surface area (Å²) in [5.74, 6) is 0.740. The zero-order chi connectivity index (χ0) is 17.9. The lowest BCUT2D eigenvalue weighted by Gasteiger charge is -2.25. The van der Waals surface area contributed by atoms with Gasteiger partial charge in [0.25, 0.3) is 0 Å². The van der Waals surface area contributed by atoms with Crippen molar-refractivity contribution in [3.63, 3.8) is 0 Å². The highest BCUT2D eigenvalue weighted by Crippen LogP contribution is 2.30. The van der Waals surface area contributed by atoms with Crippen molar-refractivity contribution in [1.82, 2.24) is 20.9 Å². The number of carbonyl (C=O) groups excluding carboxylic acids is 1. The minimum atomic E-state index is -0.194. The molecule has 8 nitrogen and oxygen atoms in total. The molecule has 0 spiro atoms. The molecule has 0 aromatic carbocycles. The van der Waals surface area contributed by atoms with Crippen LogP contribution in [-0.2, 0) is 9.47 Å². The summed E-state index contributed by atoms with van der Waals surface area (Å²) in [6, 6.07) is 3.59. The van der Waals surface area contributed by atoms with E-state index < -0.39 is 0 Å². The fourth-order valence-electron chi connectivity index (χ4n) is 3.82. The average Bonchev–Trinajstić information content (AvgIpc) is 3.21. The van der Waals surface area contributed by atoms with E-state index in [-0.39, 0.29) is 48.8 Å². The zero-order valence-electron chi connectivity index (χ0n) is 15.3. The number of aromatic nitrogens is 1. The van der Waals surface area contributed by atoms with Gasteiger partial charge in [0.05, 0.1) is 24.9 Å². The predicted molar refractivity (Wildman–Crippen MR) is 101 cm³/mol. The first-order valence-electron chi connectivity index (χ1n) is 9.30. The van der Waals surface area contributed by atoms with E-state index in [1.807, 2.05) is 19.1 Å². The Balaban J connectivity index is 0.00000210. The van der Waals surface area contributed by atoms with Gasteiger partial charge in [-0.05, 0) is 38.4 Å². The Morgan fingerprint density at radius 3 is 2.93 bits per heavy atom. The number of fused-ring (bicyclic) bond motifs is 1. The second-order valence-corrected chi connectivity index (χ2v) is 7.11. The summed E-state index contributed by atoms with van der Waals surface area (Å²) in [5, 5.41) is 9.31. The van der Waals surface area contributed by atoms with Gasteiger partial charge in [0.15, 0.2) is 6.10 Å². The van der Waals surface area contributed by atoms with Crippen LogP contribution >= 0.6 is 12.4 Å². The van der Waals surface area contributed by atoms with Crippen molar-refractivity contribution in [2.75, 3.05) is 26.3 Å². The minimum absolute atomic E-state index is 0. The fraction of sp³-hybridized carbons (Fsp3) is 0.667. The average molecular weight is 399 g/mol. The number of nitrogens with zero attached hydrogens (tertiary/aromatic N) is 1. The first-order valence-corrected chi connectivity index (χ1v) is 9.30. The van der Waals surface area contributed by atoms with Gasteiger partial charge in [0, 0.05) is 18.8 Å². The van der Waals surface area contributed by atoms with Crippen LogP contribution in [0.5, 0.6) is 5.75 Å². The molecule has 3 fully saturated rings. The number of rotatable bonds is 4. The molecular weight excluding hydrogens is 372 g/mol. The zero-order valence-corrected chi connectivity index (χ0v) is 16.2. The van der Waals surface area contributed by atoms with E-state index in [1.54, 1.807) is 6.20 Å². The van der Waals surface area contributed by atoms with Crippen molar-refractivity contribution >= 4 is 18.4 Å². The number of piperidine rings is 1. The Kier molecular flexibility index (Phi) is 6.75. The van der Waals surface area contributed by atoms with E-state index in [9.17, 15) is 4.79 Å². The van der Waals surface area contributed by atoms with Gasteiger partial charge in [-0.3, -0.25) is 4.98 Å². The van der Waals surface area contributed by atoms with E-state index >= 15 is 0 Å². The molecule has 1 unspecified atom stereocenters. The highest BCUT2D eigenvalue weighted by Gasteiger charge is 2.49. The van der Waals surface area contributed by atoms with Crippen LogP contribution in [0.15, 0.2) is 18.3 Å². The molecule has 9 heteroatoms. The number of hydrogen-bond donors (Lipinski definition) is 3. The van der Waals surface area contributed by atoms with Gasteiger partial charge in [-0.15, -0.1) is 12.4 Å². The van der Waals surface area contributed by atoms with Gasteiger partial charge in [0.2, 0.25) is 0 Å². The lowest BCUT2D eigenvalue weighted by molar-refractivity contribution is 0.0299. The van der Waals surface area contributed by atoms with Gasteiger partial charge in [0.1, 0.15) is 18.0 Å². The first kappa shape index (κ1) is 20.1. The van der Waals surface area contributed by atoms with Crippen molar-refractivity contribution in [2.45, 2.75) is 50.2 Å². The van der Waals surface area contributed by atoms with Gasteiger partial charge >= 0.3 is 6.03 Å². The molecule has 3 aliphatic rings. The normalized spacial score (nSPS) is 32.3. The predicted octanol–water partition coefficient (Wildman–Crippen LogP) is 0.777. The highest BCUT2D eigenvalue weighted by molar-refractivity contribution is 5.85. The Labute approximate surface area is 165 Å². The van der Waals surface area contributed by atoms with Gasteiger partial charge < -0.3 is 30.2 Å². The van der Waals surface area contributed by atoms with E-state index in [4.69, 9.17) is 14.2 Å². The van der Waals surface area contributed by atoms with Crippen LogP contribution in [-0.4, -0.2) is 67.7 Å². The first-order chi connectivity index (χ1) is 12.7. The summed E-state index contributed by atoms with van der Waals surface area (Å²) < 4.78 is 17.8. The number of amides is 2. The molecule has 0 saturated carbocycles. The van der Waals surface area contributed by atoms with Crippen molar-refractivity contribution in [3.05, 3.63) is 24.0 Å². The lowest BCUT2D eigenvalue weighted by Crippen LogP contribution is -2.53. The molecule has 3 N–H and O–H groups in total. The molecule has 2 amide bonds. The standard InChI is InChI=1S/C18H26N4O4.ClH/c1-11-14(5-3-7-20-11)26-15-10-25-16-13(9-24-17(15)16)22-18(23)21-12-4-2-6-19-8-12;/h3,5,7,12-13,15-17,19H,2,4,6,8-10H2,1H3,(H2,21,22,23);1H/t12?,13-,15-,16+,17+;/m0./s1. The second kappa shape index (κ2) is 9.05. The SMILES string of the molecule is Cc1ncccc1O[C@H]1CO[C@H]2[C@@H]1OC[C@@H]2NC(=O)NC1CCCNC1.Cl. The number of urea groups is 1. The number of aryl methyl sites for hydroxylation is 1. The molecule has 0 aliphatic carbocycles. The second-order valence-electron chi connectivity index (χ2n) is 7.11. The van der Waals surface area contributed by atoms with Crippen LogP contribution in [0.4, 0.5) is 4.79 Å². The molecule has 3 aliphatic heterocycles. The maximum absolute atomic E-state index is 12.3. The molecule has 4 rings (SSSR count). The third-order valence-corrected chi connectivity index (χ3v) is 5.19. The molecule has 0 bridgehead atoms. The monoisotopic (exact) mass is 398 g/mol. The number of pyridine rings is 1. The van der Waals surface area contributed by atoms with Crippen LogP contribution in [0.2, 0.25) is 0 Å². The fourth-order valence-corrected chi connectivity index (χ4v) is 3.82. The number of carbonyl (C=O) groups is 1. The Morgan fingerprint density at radius 1 is 1.30 bits per heavy atom. The van der Waals surface area contributed by atoms with Crippen molar-refractivity contribution < 1.29 is 19.0 Å². The van der Waals surface area contributed by atoms with Gasteiger partial charge in [-0.2, -0.15) is 0 Å². The summed E-state index contributed by atoms with van der Waals surface area (Å²) in [7, 11) is 0. The molecule has 0 radical (unpaired) electrons. The maximum atomic E-state index is 12.3. The molecular formula is C18H27ClN4O4. The summed E-state index contributed by atoms with van der Waals surface area (Å²) in [4.78, 5) is 16.5. The number of nitrogens with one attached hydrogen (secondary N) is 3. The molecule has 1 aromatic rings. The van der Waals surface area contributed by atoms with E-state index in [0.717, 1.165) is 37.4 Å². The Hall–Kier alpha value is -1.61. The summed E-state index contributed by atoms with van der Waals surface area (Å²) in [6.07, 6.45) is 3.26. The molecule has 4 heterocycles. The van der Waals surface area contributed by atoms with E-state index in [1.165, 1.54) is 0 Å². The van der Waals surface area contributed by atoms with Crippen molar-refractivity contribution in [1.29, 1.82) is 0 Å². The molecule has 5 atom stereocenters. The van der Waals surface area contributed by atoms with Crippen LogP contribution in [0, 0.1) is 6.92 Å². The number of hydrogen-bond acceptors (Lipinski definition) is 6. The summed E-state index contributed by atoms with van der Waals surface area (Å²) >= 11 is 0.